The highest BCUT2D eigenvalue weighted by Crippen LogP contribution is 2.18. The maximum Gasteiger partial charge on any atom is 0.274 e. The number of likely N-dealkylation sites (tertiary alicyclic amines) is 1. The van der Waals surface area contributed by atoms with Gasteiger partial charge in [0.25, 0.3) is 5.91 Å². The van der Waals surface area contributed by atoms with E-state index in [2.05, 4.69) is 10.4 Å². The summed E-state index contributed by atoms with van der Waals surface area (Å²) >= 11 is 0. The maximum atomic E-state index is 13.0. The standard InChI is InChI=1S/C17H21FN4O.ClH/c1-19-11-13-3-2-9-21(12-13)17(23)16-8-10-22(20-16)15-6-4-14(18)5-7-15;/h4-8,10,13,19H,2-3,9,11-12H2,1H3;1H. The number of piperidine rings is 1. The van der Waals surface area contributed by atoms with E-state index in [0.29, 0.717) is 11.6 Å². The number of halogens is 2. The van der Waals surface area contributed by atoms with Crippen LogP contribution in [0.1, 0.15) is 23.3 Å². The van der Waals surface area contributed by atoms with Gasteiger partial charge in [0, 0.05) is 19.3 Å². The zero-order chi connectivity index (χ0) is 16.2. The number of hydrogen-bond acceptors (Lipinski definition) is 3. The second-order valence-corrected chi connectivity index (χ2v) is 5.94. The van der Waals surface area contributed by atoms with Gasteiger partial charge in [-0.05, 0) is 62.7 Å². The summed E-state index contributed by atoms with van der Waals surface area (Å²) in [6.45, 7) is 2.47. The molecule has 7 heteroatoms. The SMILES string of the molecule is CNCC1CCCN(C(=O)c2ccn(-c3ccc(F)cc3)n2)C1.Cl. The molecule has 2 heterocycles. The Morgan fingerprint density at radius 3 is 2.79 bits per heavy atom. The van der Waals surface area contributed by atoms with Crippen LogP contribution in [0.25, 0.3) is 5.69 Å². The molecule has 1 saturated heterocycles. The van der Waals surface area contributed by atoms with E-state index in [0.717, 1.165) is 38.2 Å². The predicted octanol–water partition coefficient (Wildman–Crippen LogP) is 2.50. The van der Waals surface area contributed by atoms with E-state index < -0.39 is 0 Å². The first kappa shape index (κ1) is 18.4. The zero-order valence-corrected chi connectivity index (χ0v) is 14.4. The summed E-state index contributed by atoms with van der Waals surface area (Å²) in [5, 5.41) is 7.52. The van der Waals surface area contributed by atoms with Gasteiger partial charge in [-0.1, -0.05) is 0 Å². The Labute approximate surface area is 147 Å². The lowest BCUT2D eigenvalue weighted by Crippen LogP contribution is -2.42. The molecule has 130 valence electrons. The van der Waals surface area contributed by atoms with Gasteiger partial charge in [0.05, 0.1) is 5.69 Å². The van der Waals surface area contributed by atoms with Crippen LogP contribution >= 0.6 is 12.4 Å². The van der Waals surface area contributed by atoms with Crippen LogP contribution in [0, 0.1) is 11.7 Å². The minimum Gasteiger partial charge on any atom is -0.337 e. The highest BCUT2D eigenvalue weighted by molar-refractivity contribution is 5.92. The van der Waals surface area contributed by atoms with Gasteiger partial charge >= 0.3 is 0 Å². The number of carbonyl (C=O) groups excluding carboxylic acids is 1. The third-order valence-electron chi connectivity index (χ3n) is 4.20. The zero-order valence-electron chi connectivity index (χ0n) is 13.6. The molecule has 3 rings (SSSR count). The van der Waals surface area contributed by atoms with Crippen LogP contribution in [0.15, 0.2) is 36.5 Å². The van der Waals surface area contributed by atoms with Crippen LogP contribution in [-0.2, 0) is 0 Å². The van der Waals surface area contributed by atoms with Crippen molar-refractivity contribution in [2.24, 2.45) is 5.92 Å². The molecule has 24 heavy (non-hydrogen) atoms. The van der Waals surface area contributed by atoms with Crippen molar-refractivity contribution in [2.75, 3.05) is 26.7 Å². The van der Waals surface area contributed by atoms with E-state index in [4.69, 9.17) is 0 Å². The number of nitrogens with one attached hydrogen (secondary N) is 1. The molecule has 1 aromatic carbocycles. The monoisotopic (exact) mass is 352 g/mol. The molecule has 5 nitrogen and oxygen atoms in total. The predicted molar refractivity (Wildman–Crippen MR) is 93.3 cm³/mol. The smallest absolute Gasteiger partial charge is 0.274 e. The Kier molecular flexibility index (Phi) is 6.34. The van der Waals surface area contributed by atoms with E-state index in [-0.39, 0.29) is 24.1 Å². The van der Waals surface area contributed by atoms with Crippen LogP contribution in [-0.4, -0.2) is 47.3 Å². The largest absolute Gasteiger partial charge is 0.337 e. The van der Waals surface area contributed by atoms with Gasteiger partial charge < -0.3 is 10.2 Å². The van der Waals surface area contributed by atoms with Crippen molar-refractivity contribution in [2.45, 2.75) is 12.8 Å². The number of amides is 1. The number of benzene rings is 1. The maximum absolute atomic E-state index is 13.0. The van der Waals surface area contributed by atoms with Crippen LogP contribution < -0.4 is 5.32 Å². The van der Waals surface area contributed by atoms with Gasteiger partial charge in [-0.25, -0.2) is 9.07 Å². The lowest BCUT2D eigenvalue weighted by Gasteiger charge is -2.32. The van der Waals surface area contributed by atoms with Crippen LogP contribution in [0.3, 0.4) is 0 Å². The third-order valence-corrected chi connectivity index (χ3v) is 4.20. The Bertz CT molecular complexity index is 671. The number of nitrogens with zero attached hydrogens (tertiary/aromatic N) is 3. The molecule has 1 aliphatic rings. The van der Waals surface area contributed by atoms with Crippen molar-refractivity contribution in [1.29, 1.82) is 0 Å². The molecule has 0 aliphatic carbocycles. The second kappa shape index (κ2) is 8.26. The Morgan fingerprint density at radius 2 is 2.08 bits per heavy atom. The van der Waals surface area contributed by atoms with E-state index >= 15 is 0 Å². The number of carbonyl (C=O) groups is 1. The van der Waals surface area contributed by atoms with Crippen LogP contribution in [0.4, 0.5) is 4.39 Å². The highest BCUT2D eigenvalue weighted by atomic mass is 35.5. The van der Waals surface area contributed by atoms with E-state index in [1.807, 2.05) is 11.9 Å². The topological polar surface area (TPSA) is 50.2 Å². The molecule has 1 aliphatic heterocycles. The third kappa shape index (κ3) is 4.13. The van der Waals surface area contributed by atoms with Gasteiger partial charge in [-0.3, -0.25) is 4.79 Å². The van der Waals surface area contributed by atoms with Gasteiger partial charge in [0.2, 0.25) is 0 Å². The molecular formula is C17H22ClFN4O. The van der Waals surface area contributed by atoms with Crippen molar-refractivity contribution in [3.05, 3.63) is 48.0 Å². The van der Waals surface area contributed by atoms with Crippen LogP contribution in [0.5, 0.6) is 0 Å². The summed E-state index contributed by atoms with van der Waals surface area (Å²) in [5.74, 6) is 0.171. The summed E-state index contributed by atoms with van der Waals surface area (Å²) in [6.07, 6.45) is 3.90. The summed E-state index contributed by atoms with van der Waals surface area (Å²) in [7, 11) is 1.94. The van der Waals surface area contributed by atoms with E-state index in [1.54, 1.807) is 29.1 Å². The van der Waals surface area contributed by atoms with Gasteiger partial charge in [0.15, 0.2) is 5.69 Å². The molecule has 0 bridgehead atoms. The molecule has 0 spiro atoms. The van der Waals surface area contributed by atoms with Crippen molar-refractivity contribution < 1.29 is 9.18 Å². The summed E-state index contributed by atoms with van der Waals surface area (Å²) in [6, 6.07) is 7.76. The summed E-state index contributed by atoms with van der Waals surface area (Å²) < 4.78 is 14.6. The first-order valence-electron chi connectivity index (χ1n) is 7.93. The van der Waals surface area contributed by atoms with Gasteiger partial charge in [-0.15, -0.1) is 12.4 Å². The fraction of sp³-hybridized carbons (Fsp3) is 0.412. The number of aromatic nitrogens is 2. The van der Waals surface area contributed by atoms with Crippen molar-refractivity contribution in [3.8, 4) is 5.69 Å². The fourth-order valence-corrected chi connectivity index (χ4v) is 3.04. The van der Waals surface area contributed by atoms with Crippen molar-refractivity contribution >= 4 is 18.3 Å². The van der Waals surface area contributed by atoms with Gasteiger partial charge in [-0.2, -0.15) is 5.10 Å². The molecule has 1 N–H and O–H groups in total. The molecule has 1 unspecified atom stereocenters. The summed E-state index contributed by atoms with van der Waals surface area (Å²) in [5.41, 5.74) is 1.16. The molecule has 2 aromatic rings. The molecule has 1 fully saturated rings. The average Bonchev–Trinajstić information content (AvgIpc) is 3.05. The molecule has 1 atom stereocenters. The fourth-order valence-electron chi connectivity index (χ4n) is 3.04. The molecule has 0 radical (unpaired) electrons. The molecule has 0 saturated carbocycles. The molecule has 1 amide bonds. The van der Waals surface area contributed by atoms with E-state index in [9.17, 15) is 9.18 Å². The molecular weight excluding hydrogens is 331 g/mol. The minimum absolute atomic E-state index is 0. The average molecular weight is 353 g/mol. The number of hydrogen-bond donors (Lipinski definition) is 1. The Morgan fingerprint density at radius 1 is 1.33 bits per heavy atom. The van der Waals surface area contributed by atoms with Crippen molar-refractivity contribution in [1.82, 2.24) is 20.0 Å². The van der Waals surface area contributed by atoms with E-state index in [1.165, 1.54) is 12.1 Å². The van der Waals surface area contributed by atoms with Crippen LogP contribution in [0.2, 0.25) is 0 Å². The first-order chi connectivity index (χ1) is 11.2. The lowest BCUT2D eigenvalue weighted by atomic mass is 9.98. The first-order valence-corrected chi connectivity index (χ1v) is 7.93. The molecule has 1 aromatic heterocycles. The quantitative estimate of drug-likeness (QED) is 0.919. The van der Waals surface area contributed by atoms with Crippen molar-refractivity contribution in [3.63, 3.8) is 0 Å². The lowest BCUT2D eigenvalue weighted by molar-refractivity contribution is 0.0668. The minimum atomic E-state index is -0.291. The normalized spacial score (nSPS) is 17.4. The summed E-state index contributed by atoms with van der Waals surface area (Å²) in [4.78, 5) is 14.5. The second-order valence-electron chi connectivity index (χ2n) is 5.94. The Hall–Kier alpha value is -1.92. The number of rotatable bonds is 4. The highest BCUT2D eigenvalue weighted by Gasteiger charge is 2.25. The Balaban J connectivity index is 0.00000208. The van der Waals surface area contributed by atoms with Gasteiger partial charge in [0.1, 0.15) is 5.82 Å².